The first-order chi connectivity index (χ1) is 13.6. The van der Waals surface area contributed by atoms with E-state index < -0.39 is 18.0 Å². The largest absolute Gasteiger partial charge is 0.444 e. The fourth-order valence-electron chi connectivity index (χ4n) is 2.86. The third-order valence-corrected chi connectivity index (χ3v) is 4.15. The molecule has 0 bridgehead atoms. The number of anilines is 1. The van der Waals surface area contributed by atoms with Gasteiger partial charge in [-0.15, -0.1) is 0 Å². The smallest absolute Gasteiger partial charge is 0.414 e. The van der Waals surface area contributed by atoms with Gasteiger partial charge in [-0.3, -0.25) is 9.58 Å². The molecule has 1 unspecified atom stereocenters. The summed E-state index contributed by atoms with van der Waals surface area (Å²) in [5.74, 6) is -0.451. The standard InChI is InChI=1S/C17H14FN7O3/c18-15-6-12(25-9-13(7-20-23-19)28-17(25)26)2-3-14(15)16-22-11(10-27-16)8-24-5-1-4-21-24/h1-6,10,13H,7-9H2. The van der Waals surface area contributed by atoms with Crippen LogP contribution in [0, 0.1) is 5.82 Å². The Labute approximate surface area is 157 Å². The third-order valence-electron chi connectivity index (χ3n) is 4.15. The van der Waals surface area contributed by atoms with Gasteiger partial charge >= 0.3 is 6.09 Å². The van der Waals surface area contributed by atoms with Crippen LogP contribution >= 0.6 is 0 Å². The molecule has 3 heterocycles. The topological polar surface area (TPSA) is 122 Å². The van der Waals surface area contributed by atoms with Crippen LogP contribution in [0.15, 0.2) is 52.5 Å². The van der Waals surface area contributed by atoms with Crippen molar-refractivity contribution in [3.63, 3.8) is 0 Å². The molecule has 1 saturated heterocycles. The first-order valence-corrected chi connectivity index (χ1v) is 8.35. The second kappa shape index (κ2) is 7.41. The Balaban J connectivity index is 1.51. The molecule has 4 rings (SSSR count). The van der Waals surface area contributed by atoms with Gasteiger partial charge in [0.25, 0.3) is 0 Å². The summed E-state index contributed by atoms with van der Waals surface area (Å²) < 4.78 is 26.8. The van der Waals surface area contributed by atoms with Crippen LogP contribution in [-0.4, -0.2) is 40.1 Å². The van der Waals surface area contributed by atoms with Gasteiger partial charge in [0.05, 0.1) is 30.9 Å². The summed E-state index contributed by atoms with van der Waals surface area (Å²) in [6.07, 6.45) is 3.70. The summed E-state index contributed by atoms with van der Waals surface area (Å²) in [6.45, 7) is 0.598. The molecule has 0 spiro atoms. The summed E-state index contributed by atoms with van der Waals surface area (Å²) in [4.78, 5) is 20.2. The fourth-order valence-corrected chi connectivity index (χ4v) is 2.86. The highest BCUT2D eigenvalue weighted by Gasteiger charge is 2.32. The molecule has 3 aromatic rings. The molecule has 1 aromatic carbocycles. The first-order valence-electron chi connectivity index (χ1n) is 8.35. The number of aromatic nitrogens is 3. The van der Waals surface area contributed by atoms with Crippen molar-refractivity contribution in [3.05, 3.63) is 64.9 Å². The molecule has 0 aliphatic carbocycles. The zero-order valence-corrected chi connectivity index (χ0v) is 14.5. The van der Waals surface area contributed by atoms with Crippen LogP contribution in [0.4, 0.5) is 14.9 Å². The molecule has 10 nitrogen and oxygen atoms in total. The number of oxazole rings is 1. The monoisotopic (exact) mass is 383 g/mol. The Bertz CT molecular complexity index is 1040. The maximum Gasteiger partial charge on any atom is 0.414 e. The summed E-state index contributed by atoms with van der Waals surface area (Å²) in [7, 11) is 0. The summed E-state index contributed by atoms with van der Waals surface area (Å²) in [6, 6.07) is 6.07. The van der Waals surface area contributed by atoms with Gasteiger partial charge in [0.2, 0.25) is 5.89 Å². The number of hydrogen-bond acceptors (Lipinski definition) is 6. The van der Waals surface area contributed by atoms with Crippen molar-refractivity contribution >= 4 is 11.8 Å². The number of carbonyl (C=O) groups excluding carboxylic acids is 1. The van der Waals surface area contributed by atoms with Crippen molar-refractivity contribution in [3.8, 4) is 11.5 Å². The van der Waals surface area contributed by atoms with Gasteiger partial charge in [0, 0.05) is 17.3 Å². The lowest BCUT2D eigenvalue weighted by Crippen LogP contribution is -2.25. The molecular weight excluding hydrogens is 369 g/mol. The summed E-state index contributed by atoms with van der Waals surface area (Å²) in [5.41, 5.74) is 9.47. The van der Waals surface area contributed by atoms with Gasteiger partial charge < -0.3 is 9.15 Å². The second-order valence-corrected chi connectivity index (χ2v) is 6.04. The van der Waals surface area contributed by atoms with Crippen LogP contribution in [-0.2, 0) is 11.3 Å². The van der Waals surface area contributed by atoms with Gasteiger partial charge in [-0.1, -0.05) is 5.11 Å². The molecule has 142 valence electrons. The maximum atomic E-state index is 14.6. The van der Waals surface area contributed by atoms with Gasteiger partial charge in [0.15, 0.2) is 0 Å². The van der Waals surface area contributed by atoms with E-state index in [2.05, 4.69) is 20.1 Å². The SMILES string of the molecule is [N-]=[N+]=NCC1CN(c2ccc(-c3nc(Cn4cccn4)co3)c(F)c2)C(=O)O1. The zero-order valence-electron chi connectivity index (χ0n) is 14.5. The van der Waals surface area contributed by atoms with E-state index in [9.17, 15) is 9.18 Å². The lowest BCUT2D eigenvalue weighted by atomic mass is 10.1. The lowest BCUT2D eigenvalue weighted by molar-refractivity contribution is 0.145. The average Bonchev–Trinajstić information content (AvgIpc) is 3.42. The Morgan fingerprint density at radius 3 is 3.07 bits per heavy atom. The van der Waals surface area contributed by atoms with Crippen LogP contribution in [0.25, 0.3) is 21.9 Å². The van der Waals surface area contributed by atoms with E-state index in [1.165, 1.54) is 23.3 Å². The van der Waals surface area contributed by atoms with Crippen LogP contribution < -0.4 is 4.90 Å². The predicted octanol–water partition coefficient (Wildman–Crippen LogP) is 3.36. The Kier molecular flexibility index (Phi) is 4.65. The molecule has 1 fully saturated rings. The summed E-state index contributed by atoms with van der Waals surface area (Å²) in [5, 5.41) is 7.48. The minimum absolute atomic E-state index is 0.0225. The van der Waals surface area contributed by atoms with Gasteiger partial charge in [-0.2, -0.15) is 5.10 Å². The number of carbonyl (C=O) groups is 1. The number of ether oxygens (including phenoxy) is 1. The maximum absolute atomic E-state index is 14.6. The number of cyclic esters (lactones) is 1. The van der Waals surface area contributed by atoms with Crippen LogP contribution in [0.5, 0.6) is 0 Å². The number of halogens is 1. The molecule has 2 aromatic heterocycles. The number of hydrogen-bond donors (Lipinski definition) is 0. The number of azide groups is 1. The van der Waals surface area contributed by atoms with Gasteiger partial charge in [0.1, 0.15) is 23.9 Å². The second-order valence-electron chi connectivity index (χ2n) is 6.04. The number of nitrogens with zero attached hydrogens (tertiary/aromatic N) is 7. The first kappa shape index (κ1) is 17.6. The minimum atomic E-state index is -0.622. The molecule has 11 heteroatoms. The molecule has 0 radical (unpaired) electrons. The molecular formula is C17H14FN7O3. The highest BCUT2D eigenvalue weighted by molar-refractivity contribution is 5.90. The fraction of sp³-hybridized carbons (Fsp3) is 0.235. The average molecular weight is 383 g/mol. The van der Waals surface area contributed by atoms with E-state index in [0.717, 1.165) is 0 Å². The van der Waals surface area contributed by atoms with Crippen molar-refractivity contribution in [2.45, 2.75) is 12.6 Å². The molecule has 1 amide bonds. The Hall–Kier alpha value is -3.85. The van der Waals surface area contributed by atoms with Crippen molar-refractivity contribution in [1.29, 1.82) is 0 Å². The molecule has 1 aliphatic rings. The van der Waals surface area contributed by atoms with E-state index in [1.807, 2.05) is 0 Å². The van der Waals surface area contributed by atoms with Crippen molar-refractivity contribution < 1.29 is 18.3 Å². The summed E-state index contributed by atoms with van der Waals surface area (Å²) >= 11 is 0. The Morgan fingerprint density at radius 2 is 2.32 bits per heavy atom. The van der Waals surface area contributed by atoms with E-state index >= 15 is 0 Å². The lowest BCUT2D eigenvalue weighted by Gasteiger charge is -2.13. The normalized spacial score (nSPS) is 16.1. The third kappa shape index (κ3) is 3.51. The van der Waals surface area contributed by atoms with E-state index in [0.29, 0.717) is 17.9 Å². The minimum Gasteiger partial charge on any atom is -0.444 e. The van der Waals surface area contributed by atoms with E-state index in [1.54, 1.807) is 29.2 Å². The number of benzene rings is 1. The highest BCUT2D eigenvalue weighted by atomic mass is 19.1. The van der Waals surface area contributed by atoms with Crippen molar-refractivity contribution in [2.75, 3.05) is 18.0 Å². The zero-order chi connectivity index (χ0) is 19.5. The van der Waals surface area contributed by atoms with Crippen LogP contribution in [0.2, 0.25) is 0 Å². The van der Waals surface area contributed by atoms with Crippen molar-refractivity contribution in [2.24, 2.45) is 5.11 Å². The van der Waals surface area contributed by atoms with Gasteiger partial charge in [-0.25, -0.2) is 14.2 Å². The molecule has 28 heavy (non-hydrogen) atoms. The van der Waals surface area contributed by atoms with E-state index in [-0.39, 0.29) is 24.5 Å². The molecule has 1 atom stereocenters. The number of amides is 1. The molecule has 0 N–H and O–H groups in total. The molecule has 1 aliphatic heterocycles. The predicted molar refractivity (Wildman–Crippen MR) is 94.9 cm³/mol. The number of rotatable bonds is 6. The van der Waals surface area contributed by atoms with Crippen molar-refractivity contribution in [1.82, 2.24) is 14.8 Å². The van der Waals surface area contributed by atoms with Crippen LogP contribution in [0.1, 0.15) is 5.69 Å². The highest BCUT2D eigenvalue weighted by Crippen LogP contribution is 2.29. The Morgan fingerprint density at radius 1 is 1.43 bits per heavy atom. The van der Waals surface area contributed by atoms with E-state index in [4.69, 9.17) is 14.7 Å². The van der Waals surface area contributed by atoms with Gasteiger partial charge in [-0.05, 0) is 29.8 Å². The quantitative estimate of drug-likeness (QED) is 0.367. The van der Waals surface area contributed by atoms with Crippen LogP contribution in [0.3, 0.4) is 0 Å². The molecule has 0 saturated carbocycles.